The van der Waals surface area contributed by atoms with Crippen molar-refractivity contribution in [1.29, 1.82) is 0 Å². The third-order valence-corrected chi connectivity index (χ3v) is 4.97. The van der Waals surface area contributed by atoms with Gasteiger partial charge < -0.3 is 10.0 Å². The highest BCUT2D eigenvalue weighted by Gasteiger charge is 2.27. The highest BCUT2D eigenvalue weighted by atomic mass is 32.2. The van der Waals surface area contributed by atoms with Gasteiger partial charge in [0.2, 0.25) is 0 Å². The number of amides is 1. The Labute approximate surface area is 125 Å². The zero-order valence-electron chi connectivity index (χ0n) is 12.4. The van der Waals surface area contributed by atoms with Gasteiger partial charge in [0.25, 0.3) is 5.91 Å². The van der Waals surface area contributed by atoms with Gasteiger partial charge in [-0.05, 0) is 44.4 Å². The molecule has 116 valence electrons. The van der Waals surface area contributed by atoms with E-state index in [1.165, 1.54) is 12.1 Å². The number of likely N-dealkylation sites (tertiary alicyclic amines) is 1. The molecule has 1 saturated heterocycles. The summed E-state index contributed by atoms with van der Waals surface area (Å²) in [5, 5.41) is 10.1. The predicted molar refractivity (Wildman–Crippen MR) is 79.9 cm³/mol. The summed E-state index contributed by atoms with van der Waals surface area (Å²) in [5.74, 6) is -0.182. The molecule has 1 aliphatic heterocycles. The maximum absolute atomic E-state index is 12.5. The number of benzene rings is 1. The average molecular weight is 311 g/mol. The second kappa shape index (κ2) is 5.77. The van der Waals surface area contributed by atoms with Crippen LogP contribution in [-0.2, 0) is 9.84 Å². The summed E-state index contributed by atoms with van der Waals surface area (Å²) in [7, 11) is -3.33. The third kappa shape index (κ3) is 4.04. The van der Waals surface area contributed by atoms with Crippen molar-refractivity contribution >= 4 is 15.7 Å². The first kappa shape index (κ1) is 16.0. The molecule has 1 aromatic rings. The normalized spacial score (nSPS) is 23.7. The summed E-state index contributed by atoms with van der Waals surface area (Å²) < 4.78 is 23.1. The third-order valence-electron chi connectivity index (χ3n) is 3.86. The van der Waals surface area contributed by atoms with E-state index in [0.29, 0.717) is 31.5 Å². The van der Waals surface area contributed by atoms with E-state index in [9.17, 15) is 18.3 Å². The lowest BCUT2D eigenvalue weighted by atomic mass is 9.98. The Hall–Kier alpha value is -1.40. The zero-order chi connectivity index (χ0) is 15.7. The van der Waals surface area contributed by atoms with Gasteiger partial charge in [0.15, 0.2) is 9.84 Å². The summed E-state index contributed by atoms with van der Waals surface area (Å²) in [6, 6.07) is 6.11. The summed E-state index contributed by atoms with van der Waals surface area (Å²) >= 11 is 0. The van der Waals surface area contributed by atoms with E-state index < -0.39 is 15.4 Å². The number of rotatable bonds is 2. The lowest BCUT2D eigenvalue weighted by Gasteiger charge is -2.22. The molecule has 1 fully saturated rings. The largest absolute Gasteiger partial charge is 0.390 e. The molecule has 21 heavy (non-hydrogen) atoms. The number of sulfone groups is 1. The second-order valence-corrected chi connectivity index (χ2v) is 7.96. The molecule has 0 radical (unpaired) electrons. The fourth-order valence-corrected chi connectivity index (χ4v) is 3.18. The van der Waals surface area contributed by atoms with Crippen molar-refractivity contribution in [3.8, 4) is 0 Å². The van der Waals surface area contributed by atoms with Crippen LogP contribution in [0.1, 0.15) is 36.5 Å². The Morgan fingerprint density at radius 2 is 2.00 bits per heavy atom. The lowest BCUT2D eigenvalue weighted by molar-refractivity contribution is 0.0438. The molecule has 0 spiro atoms. The number of carbonyl (C=O) groups is 1. The molecule has 1 atom stereocenters. The van der Waals surface area contributed by atoms with Crippen LogP contribution in [0.3, 0.4) is 0 Å². The van der Waals surface area contributed by atoms with Crippen LogP contribution >= 0.6 is 0 Å². The molecule has 1 aromatic carbocycles. The number of aliphatic hydroxyl groups is 1. The Morgan fingerprint density at radius 1 is 1.29 bits per heavy atom. The molecule has 0 bridgehead atoms. The maximum Gasteiger partial charge on any atom is 0.253 e. The fourth-order valence-electron chi connectivity index (χ4n) is 2.51. The fraction of sp³-hybridized carbons (Fsp3) is 0.533. The Kier molecular flexibility index (Phi) is 4.39. The monoisotopic (exact) mass is 311 g/mol. The van der Waals surface area contributed by atoms with Crippen molar-refractivity contribution in [2.75, 3.05) is 19.3 Å². The minimum Gasteiger partial charge on any atom is -0.390 e. The molecule has 1 aliphatic rings. The first-order chi connectivity index (χ1) is 9.69. The van der Waals surface area contributed by atoms with Crippen LogP contribution in [-0.4, -0.2) is 49.3 Å². The van der Waals surface area contributed by atoms with E-state index in [0.717, 1.165) is 12.7 Å². The number of hydrogen-bond acceptors (Lipinski definition) is 4. The smallest absolute Gasteiger partial charge is 0.253 e. The number of hydrogen-bond donors (Lipinski definition) is 1. The van der Waals surface area contributed by atoms with Crippen LogP contribution in [0.2, 0.25) is 0 Å². The lowest BCUT2D eigenvalue weighted by Crippen LogP contribution is -2.33. The molecule has 0 aliphatic carbocycles. The molecule has 2 rings (SSSR count). The van der Waals surface area contributed by atoms with Crippen LogP contribution in [0.5, 0.6) is 0 Å². The number of nitrogens with zero attached hydrogens (tertiary/aromatic N) is 1. The Morgan fingerprint density at radius 3 is 2.67 bits per heavy atom. The predicted octanol–water partition coefficient (Wildman–Crippen LogP) is 1.47. The van der Waals surface area contributed by atoms with Gasteiger partial charge in [-0.15, -0.1) is 0 Å². The van der Waals surface area contributed by atoms with Gasteiger partial charge in [0.1, 0.15) is 0 Å². The number of carbonyl (C=O) groups excluding carboxylic acids is 1. The van der Waals surface area contributed by atoms with Crippen LogP contribution in [0, 0.1) is 0 Å². The van der Waals surface area contributed by atoms with Crippen molar-refractivity contribution in [3.63, 3.8) is 0 Å². The van der Waals surface area contributed by atoms with Gasteiger partial charge in [-0.25, -0.2) is 8.42 Å². The van der Waals surface area contributed by atoms with Gasteiger partial charge in [-0.3, -0.25) is 4.79 Å². The summed E-state index contributed by atoms with van der Waals surface area (Å²) in [6.45, 7) is 2.85. The molecule has 1 amide bonds. The topological polar surface area (TPSA) is 74.7 Å². The Balaban J connectivity index is 2.20. The van der Waals surface area contributed by atoms with E-state index in [-0.39, 0.29) is 10.8 Å². The minimum absolute atomic E-state index is 0.148. The molecular formula is C15H21NO4S. The standard InChI is InChI=1S/C15H21NO4S/c1-15(18)7-4-9-16(10-8-15)14(17)12-5-3-6-13(11-12)21(2,19)20/h3,5-6,11,18H,4,7-10H2,1-2H3. The molecule has 5 nitrogen and oxygen atoms in total. The van der Waals surface area contributed by atoms with Crippen LogP contribution in [0.15, 0.2) is 29.2 Å². The molecule has 0 aromatic heterocycles. The summed E-state index contributed by atoms with van der Waals surface area (Å²) in [5.41, 5.74) is -0.358. The molecule has 1 N–H and O–H groups in total. The van der Waals surface area contributed by atoms with Gasteiger partial charge >= 0.3 is 0 Å². The van der Waals surface area contributed by atoms with Crippen molar-refractivity contribution < 1.29 is 18.3 Å². The highest BCUT2D eigenvalue weighted by Crippen LogP contribution is 2.23. The van der Waals surface area contributed by atoms with Crippen molar-refractivity contribution in [1.82, 2.24) is 4.90 Å². The van der Waals surface area contributed by atoms with Crippen molar-refractivity contribution in [2.45, 2.75) is 36.7 Å². The van der Waals surface area contributed by atoms with Crippen molar-refractivity contribution in [2.24, 2.45) is 0 Å². The molecule has 1 unspecified atom stereocenters. The van der Waals surface area contributed by atoms with Crippen LogP contribution in [0.4, 0.5) is 0 Å². The van der Waals surface area contributed by atoms with E-state index >= 15 is 0 Å². The van der Waals surface area contributed by atoms with Crippen LogP contribution < -0.4 is 0 Å². The summed E-state index contributed by atoms with van der Waals surface area (Å²) in [4.78, 5) is 14.3. The van der Waals surface area contributed by atoms with E-state index in [4.69, 9.17) is 0 Å². The quantitative estimate of drug-likeness (QED) is 0.897. The van der Waals surface area contributed by atoms with Gasteiger partial charge in [0.05, 0.1) is 10.5 Å². The van der Waals surface area contributed by atoms with Gasteiger partial charge in [-0.1, -0.05) is 6.07 Å². The average Bonchev–Trinajstić information content (AvgIpc) is 2.58. The van der Waals surface area contributed by atoms with Gasteiger partial charge in [0, 0.05) is 24.9 Å². The van der Waals surface area contributed by atoms with E-state index in [1.807, 2.05) is 0 Å². The minimum atomic E-state index is -3.33. The molecule has 6 heteroatoms. The first-order valence-corrected chi connectivity index (χ1v) is 8.90. The zero-order valence-corrected chi connectivity index (χ0v) is 13.2. The van der Waals surface area contributed by atoms with Gasteiger partial charge in [-0.2, -0.15) is 0 Å². The molecule has 1 heterocycles. The molecule has 0 saturated carbocycles. The highest BCUT2D eigenvalue weighted by molar-refractivity contribution is 7.90. The van der Waals surface area contributed by atoms with E-state index in [1.54, 1.807) is 24.0 Å². The van der Waals surface area contributed by atoms with Crippen LogP contribution in [0.25, 0.3) is 0 Å². The van der Waals surface area contributed by atoms with E-state index in [2.05, 4.69) is 0 Å². The second-order valence-electron chi connectivity index (χ2n) is 5.94. The maximum atomic E-state index is 12.5. The first-order valence-electron chi connectivity index (χ1n) is 7.01. The SMILES string of the molecule is CC1(O)CCCN(C(=O)c2cccc(S(C)(=O)=O)c2)CC1. The molecular weight excluding hydrogens is 290 g/mol. The van der Waals surface area contributed by atoms with Crippen molar-refractivity contribution in [3.05, 3.63) is 29.8 Å². The summed E-state index contributed by atoms with van der Waals surface area (Å²) in [6.07, 6.45) is 3.06. The Bertz CT molecular complexity index is 637.